The number of nitrogens with one attached hydrogen (secondary N) is 1. The number of rotatable bonds is 11. The number of nitrogens with two attached hydrogens (primary N) is 1. The van der Waals surface area contributed by atoms with Gasteiger partial charge in [-0.15, -0.1) is 5.10 Å². The van der Waals surface area contributed by atoms with E-state index >= 15 is 0 Å². The summed E-state index contributed by atoms with van der Waals surface area (Å²) in [6.07, 6.45) is 2.63. The van der Waals surface area contributed by atoms with Crippen molar-refractivity contribution < 1.29 is 9.47 Å². The molecule has 3 N–H and O–H groups in total. The van der Waals surface area contributed by atoms with Crippen LogP contribution in [0.1, 0.15) is 20.3 Å². The van der Waals surface area contributed by atoms with Gasteiger partial charge in [0.05, 0.1) is 13.7 Å². The Balaban J connectivity index is 1.64. The van der Waals surface area contributed by atoms with Crippen LogP contribution in [0.25, 0.3) is 5.82 Å². The highest BCUT2D eigenvalue weighted by molar-refractivity contribution is 5.60. The van der Waals surface area contributed by atoms with Crippen LogP contribution >= 0.6 is 0 Å². The summed E-state index contributed by atoms with van der Waals surface area (Å²) >= 11 is 0. The van der Waals surface area contributed by atoms with Gasteiger partial charge in [-0.3, -0.25) is 0 Å². The molecule has 0 radical (unpaired) electrons. The van der Waals surface area contributed by atoms with Gasteiger partial charge in [0, 0.05) is 24.5 Å². The predicted molar refractivity (Wildman–Crippen MR) is 118 cm³/mol. The number of benzene rings is 1. The molecule has 0 aliphatic carbocycles. The molecule has 0 bridgehead atoms. The number of methoxy groups -OCH3 is 1. The lowest BCUT2D eigenvalue weighted by atomic mass is 10.2. The van der Waals surface area contributed by atoms with Crippen molar-refractivity contribution in [2.75, 3.05) is 44.4 Å². The fourth-order valence-corrected chi connectivity index (χ4v) is 3.03. The van der Waals surface area contributed by atoms with Crippen molar-refractivity contribution >= 4 is 17.6 Å². The predicted octanol–water partition coefficient (Wildman–Crippen LogP) is 3.11. The van der Waals surface area contributed by atoms with Gasteiger partial charge in [0.2, 0.25) is 11.9 Å². The Labute approximate surface area is 176 Å². The summed E-state index contributed by atoms with van der Waals surface area (Å²) in [6.45, 7) is 8.08. The molecule has 0 saturated heterocycles. The Kier molecular flexibility index (Phi) is 7.45. The van der Waals surface area contributed by atoms with E-state index in [1.165, 1.54) is 4.68 Å². The van der Waals surface area contributed by atoms with Crippen molar-refractivity contribution in [3.8, 4) is 17.3 Å². The summed E-state index contributed by atoms with van der Waals surface area (Å²) in [5.74, 6) is 2.56. The van der Waals surface area contributed by atoms with Gasteiger partial charge in [0.25, 0.3) is 0 Å². The van der Waals surface area contributed by atoms with Crippen LogP contribution in [0.2, 0.25) is 0 Å². The highest BCUT2D eigenvalue weighted by Gasteiger charge is 2.12. The molecule has 0 aliphatic heterocycles. The Bertz CT molecular complexity index is 926. The molecule has 0 spiro atoms. The number of pyridine rings is 1. The van der Waals surface area contributed by atoms with E-state index in [1.807, 2.05) is 36.4 Å². The summed E-state index contributed by atoms with van der Waals surface area (Å²) in [6, 6.07) is 11.1. The maximum absolute atomic E-state index is 5.98. The summed E-state index contributed by atoms with van der Waals surface area (Å²) in [5.41, 5.74) is 6.74. The number of aromatic nitrogens is 4. The summed E-state index contributed by atoms with van der Waals surface area (Å²) in [4.78, 5) is 10.9. The van der Waals surface area contributed by atoms with Crippen molar-refractivity contribution in [1.82, 2.24) is 24.6 Å². The monoisotopic (exact) mass is 411 g/mol. The zero-order chi connectivity index (χ0) is 21.3. The molecule has 0 atom stereocenters. The first-order valence-corrected chi connectivity index (χ1v) is 10.1. The molecule has 9 heteroatoms. The van der Waals surface area contributed by atoms with E-state index < -0.39 is 0 Å². The molecule has 9 nitrogen and oxygen atoms in total. The normalized spacial score (nSPS) is 10.9. The zero-order valence-electron chi connectivity index (χ0n) is 17.7. The van der Waals surface area contributed by atoms with Crippen LogP contribution in [0.15, 0.2) is 42.6 Å². The second-order valence-electron chi connectivity index (χ2n) is 6.61. The van der Waals surface area contributed by atoms with E-state index in [-0.39, 0.29) is 5.95 Å². The maximum Gasteiger partial charge on any atom is 0.248 e. The third-order valence-electron chi connectivity index (χ3n) is 4.69. The fraction of sp³-hybridized carbons (Fsp3) is 0.381. The van der Waals surface area contributed by atoms with Crippen LogP contribution in [0, 0.1) is 0 Å². The Hall–Kier alpha value is -3.33. The van der Waals surface area contributed by atoms with Gasteiger partial charge in [-0.1, -0.05) is 19.9 Å². The number of hydrogen-bond donors (Lipinski definition) is 2. The third kappa shape index (κ3) is 5.38. The molecule has 160 valence electrons. The van der Waals surface area contributed by atoms with E-state index in [9.17, 15) is 0 Å². The lowest BCUT2D eigenvalue weighted by molar-refractivity contribution is 0.242. The fourth-order valence-electron chi connectivity index (χ4n) is 3.03. The largest absolute Gasteiger partial charge is 0.493 e. The van der Waals surface area contributed by atoms with Gasteiger partial charge in [-0.25, -0.2) is 4.98 Å². The minimum Gasteiger partial charge on any atom is -0.493 e. The SMILES string of the molecule is CCN(CC)CCCOc1ccc(Nc2nc(N)n(-c3ccccn3)n2)cc1OC. The topological polar surface area (TPSA) is 103 Å². The van der Waals surface area contributed by atoms with Gasteiger partial charge in [0.15, 0.2) is 17.3 Å². The van der Waals surface area contributed by atoms with Crippen molar-refractivity contribution in [1.29, 1.82) is 0 Å². The van der Waals surface area contributed by atoms with E-state index in [0.717, 1.165) is 31.7 Å². The van der Waals surface area contributed by atoms with Crippen molar-refractivity contribution in [3.05, 3.63) is 42.6 Å². The molecule has 3 rings (SSSR count). The lowest BCUT2D eigenvalue weighted by Gasteiger charge is -2.18. The molecule has 0 fully saturated rings. The summed E-state index contributed by atoms with van der Waals surface area (Å²) < 4.78 is 12.9. The molecule has 2 aromatic heterocycles. The van der Waals surface area contributed by atoms with Crippen molar-refractivity contribution in [3.63, 3.8) is 0 Å². The molecule has 30 heavy (non-hydrogen) atoms. The summed E-state index contributed by atoms with van der Waals surface area (Å²) in [5, 5.41) is 7.52. The molecule has 1 aromatic carbocycles. The van der Waals surface area contributed by atoms with Gasteiger partial charge >= 0.3 is 0 Å². The average molecular weight is 412 g/mol. The first-order chi connectivity index (χ1) is 14.6. The van der Waals surface area contributed by atoms with Crippen LogP contribution in [-0.2, 0) is 0 Å². The number of ether oxygens (including phenoxy) is 2. The smallest absolute Gasteiger partial charge is 0.248 e. The molecular weight excluding hydrogens is 382 g/mol. The maximum atomic E-state index is 5.98. The second-order valence-corrected chi connectivity index (χ2v) is 6.61. The minimum atomic E-state index is 0.247. The van der Waals surface area contributed by atoms with E-state index in [4.69, 9.17) is 15.2 Å². The average Bonchev–Trinajstić information content (AvgIpc) is 3.15. The van der Waals surface area contributed by atoms with Gasteiger partial charge in [0.1, 0.15) is 0 Å². The molecule has 2 heterocycles. The van der Waals surface area contributed by atoms with Crippen LogP contribution in [-0.4, -0.2) is 58.0 Å². The van der Waals surface area contributed by atoms with Gasteiger partial charge < -0.3 is 25.4 Å². The zero-order valence-corrected chi connectivity index (χ0v) is 17.7. The standard InChI is InChI=1S/C21H29N7O2/c1-4-27(5-2)13-8-14-30-17-11-10-16(15-18(17)29-3)24-21-25-20(22)28(26-21)19-9-6-7-12-23-19/h6-7,9-12,15H,4-5,8,13-14H2,1-3H3,(H3,22,24,25,26). The molecule has 0 amide bonds. The van der Waals surface area contributed by atoms with Crippen LogP contribution < -0.4 is 20.5 Å². The molecular formula is C21H29N7O2. The van der Waals surface area contributed by atoms with E-state index in [2.05, 4.69) is 39.1 Å². The molecule has 0 aliphatic rings. The van der Waals surface area contributed by atoms with E-state index in [0.29, 0.717) is 29.9 Å². The Morgan fingerprint density at radius 1 is 1.13 bits per heavy atom. The summed E-state index contributed by atoms with van der Waals surface area (Å²) in [7, 11) is 1.62. The number of hydrogen-bond acceptors (Lipinski definition) is 8. The highest BCUT2D eigenvalue weighted by atomic mass is 16.5. The highest BCUT2D eigenvalue weighted by Crippen LogP contribution is 2.31. The third-order valence-corrected chi connectivity index (χ3v) is 4.69. The molecule has 0 saturated carbocycles. The van der Waals surface area contributed by atoms with Gasteiger partial charge in [-0.2, -0.15) is 9.67 Å². The van der Waals surface area contributed by atoms with Crippen LogP contribution in [0.3, 0.4) is 0 Å². The van der Waals surface area contributed by atoms with Crippen LogP contribution in [0.5, 0.6) is 11.5 Å². The molecule has 0 unspecified atom stereocenters. The molecule has 3 aromatic rings. The Morgan fingerprint density at radius 3 is 2.67 bits per heavy atom. The van der Waals surface area contributed by atoms with Crippen molar-refractivity contribution in [2.24, 2.45) is 0 Å². The second kappa shape index (κ2) is 10.4. The first-order valence-electron chi connectivity index (χ1n) is 10.1. The lowest BCUT2D eigenvalue weighted by Crippen LogP contribution is -2.25. The number of nitrogens with zero attached hydrogens (tertiary/aromatic N) is 5. The number of anilines is 3. The van der Waals surface area contributed by atoms with Crippen molar-refractivity contribution in [2.45, 2.75) is 20.3 Å². The Morgan fingerprint density at radius 2 is 1.97 bits per heavy atom. The van der Waals surface area contributed by atoms with Crippen LogP contribution in [0.4, 0.5) is 17.6 Å². The van der Waals surface area contributed by atoms with Gasteiger partial charge in [-0.05, 0) is 43.8 Å². The first kappa shape index (κ1) is 21.4. The minimum absolute atomic E-state index is 0.247. The number of nitrogen functional groups attached to an aromatic ring is 1. The quantitative estimate of drug-likeness (QED) is 0.464. The van der Waals surface area contributed by atoms with E-state index in [1.54, 1.807) is 13.3 Å².